The summed E-state index contributed by atoms with van der Waals surface area (Å²) in [7, 11) is 0. The number of aromatic nitrogens is 1. The highest BCUT2D eigenvalue weighted by Gasteiger charge is 2.28. The molecule has 6 heteroatoms. The van der Waals surface area contributed by atoms with E-state index >= 15 is 0 Å². The van der Waals surface area contributed by atoms with Crippen LogP contribution >= 0.6 is 0 Å². The van der Waals surface area contributed by atoms with Crippen molar-refractivity contribution < 1.29 is 13.6 Å². The fourth-order valence-corrected chi connectivity index (χ4v) is 4.22. The number of carbonyl (C=O) groups excluding carboxylic acids is 1. The van der Waals surface area contributed by atoms with E-state index in [2.05, 4.69) is 9.47 Å². The Bertz CT molecular complexity index is 918. The van der Waals surface area contributed by atoms with Gasteiger partial charge in [0, 0.05) is 51.5 Å². The number of hydrogen-bond donors (Lipinski definition) is 0. The van der Waals surface area contributed by atoms with E-state index in [0.717, 1.165) is 24.1 Å². The van der Waals surface area contributed by atoms with Crippen molar-refractivity contribution in [1.82, 2.24) is 14.4 Å². The summed E-state index contributed by atoms with van der Waals surface area (Å²) in [4.78, 5) is 16.8. The highest BCUT2D eigenvalue weighted by molar-refractivity contribution is 5.76. The topological polar surface area (TPSA) is 28.5 Å². The first kappa shape index (κ1) is 21.2. The largest absolute Gasteiger partial charge is 0.354 e. The van der Waals surface area contributed by atoms with E-state index in [-0.39, 0.29) is 23.6 Å². The van der Waals surface area contributed by atoms with E-state index in [9.17, 15) is 13.6 Å². The van der Waals surface area contributed by atoms with E-state index in [4.69, 9.17) is 0 Å². The maximum Gasteiger partial charge on any atom is 0.222 e. The second kappa shape index (κ2) is 9.88. The summed E-state index contributed by atoms with van der Waals surface area (Å²) in [5.41, 5.74) is 1.92. The molecule has 1 fully saturated rings. The van der Waals surface area contributed by atoms with Crippen molar-refractivity contribution in [2.45, 2.75) is 25.4 Å². The molecule has 4 nitrogen and oxygen atoms in total. The zero-order chi connectivity index (χ0) is 21.6. The molecule has 1 saturated heterocycles. The molecule has 4 rings (SSSR count). The number of rotatable bonds is 7. The number of hydrogen-bond acceptors (Lipinski definition) is 2. The van der Waals surface area contributed by atoms with Gasteiger partial charge in [0.25, 0.3) is 0 Å². The minimum Gasteiger partial charge on any atom is -0.354 e. The molecule has 1 aliphatic heterocycles. The van der Waals surface area contributed by atoms with Gasteiger partial charge in [0.2, 0.25) is 5.91 Å². The Balaban J connectivity index is 1.39. The van der Waals surface area contributed by atoms with Crippen molar-refractivity contribution in [2.75, 3.05) is 26.2 Å². The number of piperazine rings is 1. The summed E-state index contributed by atoms with van der Waals surface area (Å²) < 4.78 is 29.0. The van der Waals surface area contributed by atoms with Crippen LogP contribution in [0, 0.1) is 11.6 Å². The third-order valence-electron chi connectivity index (χ3n) is 5.88. The van der Waals surface area contributed by atoms with Crippen LogP contribution in [0.1, 0.15) is 30.0 Å². The fraction of sp³-hybridized carbons (Fsp3) is 0.320. The maximum absolute atomic E-state index is 13.5. The normalized spacial score (nSPS) is 14.9. The third kappa shape index (κ3) is 5.39. The number of nitrogens with zero attached hydrogens (tertiary/aromatic N) is 3. The molecule has 0 atom stereocenters. The van der Waals surface area contributed by atoms with Crippen molar-refractivity contribution >= 4 is 5.91 Å². The maximum atomic E-state index is 13.5. The summed E-state index contributed by atoms with van der Waals surface area (Å²) in [5.74, 6) is -0.374. The van der Waals surface area contributed by atoms with Gasteiger partial charge in [-0.2, -0.15) is 0 Å². The highest BCUT2D eigenvalue weighted by atomic mass is 19.1. The molecule has 0 unspecified atom stereocenters. The number of halogens is 2. The Morgan fingerprint density at radius 2 is 1.32 bits per heavy atom. The van der Waals surface area contributed by atoms with Crippen LogP contribution < -0.4 is 0 Å². The number of carbonyl (C=O) groups is 1. The molecule has 0 radical (unpaired) electrons. The van der Waals surface area contributed by atoms with E-state index in [1.165, 1.54) is 24.3 Å². The monoisotopic (exact) mass is 423 g/mol. The van der Waals surface area contributed by atoms with Crippen LogP contribution in [-0.2, 0) is 11.3 Å². The first-order valence-corrected chi connectivity index (χ1v) is 10.7. The van der Waals surface area contributed by atoms with Crippen molar-refractivity contribution in [3.63, 3.8) is 0 Å². The molecule has 2 heterocycles. The zero-order valence-electron chi connectivity index (χ0n) is 17.5. The van der Waals surface area contributed by atoms with Crippen LogP contribution in [0.3, 0.4) is 0 Å². The van der Waals surface area contributed by atoms with Gasteiger partial charge in [-0.25, -0.2) is 8.78 Å². The van der Waals surface area contributed by atoms with E-state index in [1.54, 1.807) is 24.3 Å². The predicted molar refractivity (Wildman–Crippen MR) is 116 cm³/mol. The molecule has 3 aromatic rings. The predicted octanol–water partition coefficient (Wildman–Crippen LogP) is 4.48. The Kier molecular flexibility index (Phi) is 6.77. The van der Waals surface area contributed by atoms with Crippen molar-refractivity contribution in [1.29, 1.82) is 0 Å². The van der Waals surface area contributed by atoms with Gasteiger partial charge in [-0.15, -0.1) is 0 Å². The van der Waals surface area contributed by atoms with Gasteiger partial charge in [-0.05, 0) is 53.9 Å². The lowest BCUT2D eigenvalue weighted by Crippen LogP contribution is -2.49. The summed E-state index contributed by atoms with van der Waals surface area (Å²) in [6.45, 7) is 3.57. The number of amides is 1. The average Bonchev–Trinajstić information content (AvgIpc) is 3.30. The van der Waals surface area contributed by atoms with Gasteiger partial charge in [-0.1, -0.05) is 24.3 Å². The van der Waals surface area contributed by atoms with Gasteiger partial charge in [-0.3, -0.25) is 9.69 Å². The highest BCUT2D eigenvalue weighted by Crippen LogP contribution is 2.30. The summed E-state index contributed by atoms with van der Waals surface area (Å²) >= 11 is 0. The quantitative estimate of drug-likeness (QED) is 0.561. The first-order valence-electron chi connectivity index (χ1n) is 10.7. The van der Waals surface area contributed by atoms with E-state index in [1.807, 2.05) is 29.4 Å². The summed E-state index contributed by atoms with van der Waals surface area (Å²) in [6, 6.07) is 16.8. The van der Waals surface area contributed by atoms with Gasteiger partial charge in [0.1, 0.15) is 11.6 Å². The summed E-state index contributed by atoms with van der Waals surface area (Å²) in [6.07, 6.45) is 5.38. The van der Waals surface area contributed by atoms with Crippen LogP contribution in [0.15, 0.2) is 73.1 Å². The molecule has 31 heavy (non-hydrogen) atoms. The molecule has 2 aromatic carbocycles. The Hall–Kier alpha value is -2.99. The molecule has 1 aromatic heterocycles. The van der Waals surface area contributed by atoms with Gasteiger partial charge in [0.15, 0.2) is 0 Å². The SMILES string of the molecule is O=C(CCCn1cccc1)N1CCN(C(c2ccc(F)cc2)c2ccc(F)cc2)CC1. The molecule has 0 spiro atoms. The number of aryl methyl sites for hydroxylation is 1. The van der Waals surface area contributed by atoms with E-state index in [0.29, 0.717) is 32.6 Å². The molecule has 0 aliphatic carbocycles. The van der Waals surface area contributed by atoms with Gasteiger partial charge >= 0.3 is 0 Å². The Labute approximate surface area is 181 Å². The first-order chi connectivity index (χ1) is 15.1. The Morgan fingerprint density at radius 1 is 0.806 bits per heavy atom. The van der Waals surface area contributed by atoms with Crippen LogP contribution in [0.4, 0.5) is 8.78 Å². The van der Waals surface area contributed by atoms with Crippen LogP contribution in [0.5, 0.6) is 0 Å². The minimum atomic E-state index is -0.281. The molecule has 162 valence electrons. The van der Waals surface area contributed by atoms with Crippen LogP contribution in [-0.4, -0.2) is 46.5 Å². The molecule has 0 saturated carbocycles. The van der Waals surface area contributed by atoms with Gasteiger partial charge in [0.05, 0.1) is 6.04 Å². The van der Waals surface area contributed by atoms with Gasteiger partial charge < -0.3 is 9.47 Å². The number of benzene rings is 2. The lowest BCUT2D eigenvalue weighted by molar-refractivity contribution is -0.133. The van der Waals surface area contributed by atoms with Crippen molar-refractivity contribution in [2.24, 2.45) is 0 Å². The molecule has 1 aliphatic rings. The molecular formula is C25H27F2N3O. The Morgan fingerprint density at radius 3 is 1.84 bits per heavy atom. The standard InChI is InChI=1S/C25H27F2N3O/c26-22-9-5-20(6-10-22)25(21-7-11-23(27)12-8-21)30-18-16-29(17-19-30)24(31)4-3-15-28-13-1-2-14-28/h1-2,5-14,25H,3-4,15-19H2. The second-order valence-corrected chi connectivity index (χ2v) is 7.95. The average molecular weight is 424 g/mol. The fourth-order valence-electron chi connectivity index (χ4n) is 4.22. The van der Waals surface area contributed by atoms with Crippen LogP contribution in [0.25, 0.3) is 0 Å². The van der Waals surface area contributed by atoms with Crippen LogP contribution in [0.2, 0.25) is 0 Å². The second-order valence-electron chi connectivity index (χ2n) is 7.95. The molecule has 0 bridgehead atoms. The molecule has 1 amide bonds. The lowest BCUT2D eigenvalue weighted by Gasteiger charge is -2.40. The lowest BCUT2D eigenvalue weighted by atomic mass is 9.96. The van der Waals surface area contributed by atoms with E-state index < -0.39 is 0 Å². The summed E-state index contributed by atoms with van der Waals surface area (Å²) in [5, 5.41) is 0. The smallest absolute Gasteiger partial charge is 0.222 e. The van der Waals surface area contributed by atoms with Crippen molar-refractivity contribution in [3.05, 3.63) is 95.8 Å². The molecule has 0 N–H and O–H groups in total. The van der Waals surface area contributed by atoms with Crippen molar-refractivity contribution in [3.8, 4) is 0 Å². The molecular weight excluding hydrogens is 396 g/mol. The minimum absolute atomic E-state index is 0.104. The zero-order valence-corrected chi connectivity index (χ0v) is 17.5. The third-order valence-corrected chi connectivity index (χ3v) is 5.88.